The molecule has 3 nitrogen and oxygen atoms in total. The van der Waals surface area contributed by atoms with Gasteiger partial charge in [0, 0.05) is 0 Å². The zero-order valence-electron chi connectivity index (χ0n) is 7.21. The summed E-state index contributed by atoms with van der Waals surface area (Å²) in [5.41, 5.74) is 11.0. The predicted octanol–water partition coefficient (Wildman–Crippen LogP) is 1.67. The zero-order valence-corrected chi connectivity index (χ0v) is 8.78. The fourth-order valence-electron chi connectivity index (χ4n) is 0.821. The fraction of sp³-hybridized carbons (Fsp3) is 0.125. The number of nitrogens with zero attached hydrogens (tertiary/aromatic N) is 1. The Balaban J connectivity index is 0.00000169. The number of hydrogen-bond acceptors (Lipinski definition) is 1. The number of nitrogens with two attached hydrogens (primary N) is 2. The zero-order chi connectivity index (χ0) is 9.84. The minimum absolute atomic E-state index is 0. The monoisotopic (exact) mass is 237 g/mol. The minimum Gasteiger partial charge on any atom is -0.370 e. The van der Waals surface area contributed by atoms with Crippen molar-refractivity contribution < 1.29 is 4.39 Å². The Labute approximate surface area is 92.4 Å². The summed E-state index contributed by atoms with van der Waals surface area (Å²) in [6.45, 7) is 0.308. The first kappa shape index (κ1) is 13.0. The first-order valence-electron chi connectivity index (χ1n) is 3.59. The molecule has 0 saturated heterocycles. The first-order chi connectivity index (χ1) is 6.09. The Bertz CT molecular complexity index is 337. The molecule has 0 fully saturated rings. The molecule has 0 aliphatic carbocycles. The van der Waals surface area contributed by atoms with Gasteiger partial charge in [-0.25, -0.2) is 9.38 Å². The number of hydrogen-bond donors (Lipinski definition) is 2. The highest BCUT2D eigenvalue weighted by atomic mass is 35.5. The van der Waals surface area contributed by atoms with Crippen LogP contribution in [0.1, 0.15) is 5.56 Å². The largest absolute Gasteiger partial charge is 0.370 e. The van der Waals surface area contributed by atoms with Crippen LogP contribution in [0.25, 0.3) is 0 Å². The summed E-state index contributed by atoms with van der Waals surface area (Å²) in [5.74, 6) is -0.449. The summed E-state index contributed by atoms with van der Waals surface area (Å²) >= 11 is 5.54. The van der Waals surface area contributed by atoms with Gasteiger partial charge < -0.3 is 11.5 Å². The van der Waals surface area contributed by atoms with Crippen LogP contribution in [0.15, 0.2) is 23.2 Å². The quantitative estimate of drug-likeness (QED) is 0.608. The Morgan fingerprint density at radius 2 is 2.07 bits per heavy atom. The average molecular weight is 238 g/mol. The van der Waals surface area contributed by atoms with E-state index < -0.39 is 5.82 Å². The number of benzene rings is 1. The second kappa shape index (κ2) is 5.67. The van der Waals surface area contributed by atoms with Crippen molar-refractivity contribution in [3.05, 3.63) is 34.6 Å². The van der Waals surface area contributed by atoms with E-state index in [9.17, 15) is 4.39 Å². The average Bonchev–Trinajstić information content (AvgIpc) is 2.07. The molecular weight excluding hydrogens is 228 g/mol. The molecular formula is C8H10Cl2FN3. The molecule has 0 atom stereocenters. The highest BCUT2D eigenvalue weighted by Crippen LogP contribution is 2.16. The third-order valence-corrected chi connectivity index (χ3v) is 1.72. The summed E-state index contributed by atoms with van der Waals surface area (Å²) in [5, 5.41) is 0.0725. The predicted molar refractivity (Wildman–Crippen MR) is 58.2 cm³/mol. The Morgan fingerprint density at radius 3 is 2.57 bits per heavy atom. The van der Waals surface area contributed by atoms with Gasteiger partial charge in [0.2, 0.25) is 0 Å². The molecule has 1 aromatic rings. The summed E-state index contributed by atoms with van der Waals surface area (Å²) in [6, 6.07) is 4.34. The second-order valence-electron chi connectivity index (χ2n) is 2.49. The number of aliphatic imine (C=N–C) groups is 1. The molecule has 1 aromatic carbocycles. The van der Waals surface area contributed by atoms with E-state index in [0.717, 1.165) is 5.56 Å². The summed E-state index contributed by atoms with van der Waals surface area (Å²) in [6.07, 6.45) is 0. The van der Waals surface area contributed by atoms with Gasteiger partial charge in [-0.1, -0.05) is 17.7 Å². The Kier molecular flexibility index (Phi) is 5.27. The van der Waals surface area contributed by atoms with Crippen molar-refractivity contribution in [3.63, 3.8) is 0 Å². The van der Waals surface area contributed by atoms with Gasteiger partial charge in [-0.2, -0.15) is 0 Å². The molecule has 0 unspecified atom stereocenters. The topological polar surface area (TPSA) is 64.4 Å². The van der Waals surface area contributed by atoms with Crippen molar-refractivity contribution in [2.45, 2.75) is 6.54 Å². The van der Waals surface area contributed by atoms with Crippen molar-refractivity contribution in [3.8, 4) is 0 Å². The van der Waals surface area contributed by atoms with Crippen LogP contribution in [-0.4, -0.2) is 5.96 Å². The molecule has 6 heteroatoms. The first-order valence-corrected chi connectivity index (χ1v) is 3.96. The second-order valence-corrected chi connectivity index (χ2v) is 2.90. The summed E-state index contributed by atoms with van der Waals surface area (Å²) in [4.78, 5) is 3.76. The van der Waals surface area contributed by atoms with E-state index >= 15 is 0 Å². The van der Waals surface area contributed by atoms with E-state index in [1.165, 1.54) is 12.1 Å². The number of guanidine groups is 1. The molecule has 1 rings (SSSR count). The van der Waals surface area contributed by atoms with Gasteiger partial charge in [-0.3, -0.25) is 0 Å². The van der Waals surface area contributed by atoms with E-state index in [0.29, 0.717) is 6.54 Å². The summed E-state index contributed by atoms with van der Waals surface area (Å²) in [7, 11) is 0. The third kappa shape index (κ3) is 3.81. The van der Waals surface area contributed by atoms with Crippen LogP contribution in [0.4, 0.5) is 4.39 Å². The van der Waals surface area contributed by atoms with Crippen molar-refractivity contribution in [1.29, 1.82) is 0 Å². The lowest BCUT2D eigenvalue weighted by molar-refractivity contribution is 0.627. The van der Waals surface area contributed by atoms with Gasteiger partial charge in [0.05, 0.1) is 11.6 Å². The standard InChI is InChI=1S/C8H9ClFN3.ClH/c9-6-3-5(1-2-7(6)10)4-13-8(11)12;/h1-3H,4H2,(H4,11,12,13);1H. The van der Waals surface area contributed by atoms with Gasteiger partial charge in [-0.05, 0) is 17.7 Å². The lowest BCUT2D eigenvalue weighted by atomic mass is 10.2. The van der Waals surface area contributed by atoms with E-state index in [2.05, 4.69) is 4.99 Å². The lowest BCUT2D eigenvalue weighted by Crippen LogP contribution is -2.22. The molecule has 0 aliphatic rings. The lowest BCUT2D eigenvalue weighted by Gasteiger charge is -1.98. The molecule has 0 aromatic heterocycles. The number of halogens is 3. The smallest absolute Gasteiger partial charge is 0.186 e. The van der Waals surface area contributed by atoms with E-state index in [-0.39, 0.29) is 23.4 Å². The van der Waals surface area contributed by atoms with Crippen LogP contribution in [-0.2, 0) is 6.54 Å². The van der Waals surface area contributed by atoms with E-state index in [1.54, 1.807) is 6.07 Å². The SMILES string of the molecule is Cl.NC(N)=NCc1ccc(F)c(Cl)c1. The van der Waals surface area contributed by atoms with Crippen LogP contribution in [0.2, 0.25) is 5.02 Å². The highest BCUT2D eigenvalue weighted by Gasteiger charge is 1.99. The maximum Gasteiger partial charge on any atom is 0.186 e. The van der Waals surface area contributed by atoms with Crippen molar-refractivity contribution in [1.82, 2.24) is 0 Å². The molecule has 0 radical (unpaired) electrons. The Hall–Kier alpha value is -1.00. The minimum atomic E-state index is -0.449. The third-order valence-electron chi connectivity index (χ3n) is 1.43. The molecule has 0 aliphatic heterocycles. The van der Waals surface area contributed by atoms with Crippen LogP contribution >= 0.6 is 24.0 Å². The molecule has 0 bridgehead atoms. The van der Waals surface area contributed by atoms with Crippen LogP contribution < -0.4 is 11.5 Å². The van der Waals surface area contributed by atoms with Gasteiger partial charge in [0.25, 0.3) is 0 Å². The van der Waals surface area contributed by atoms with E-state index in [1.807, 2.05) is 0 Å². The van der Waals surface area contributed by atoms with Gasteiger partial charge in [0.15, 0.2) is 5.96 Å². The van der Waals surface area contributed by atoms with Crippen LogP contribution in [0.3, 0.4) is 0 Å². The van der Waals surface area contributed by atoms with Gasteiger partial charge >= 0.3 is 0 Å². The van der Waals surface area contributed by atoms with Gasteiger partial charge in [0.1, 0.15) is 5.82 Å². The maximum absolute atomic E-state index is 12.7. The maximum atomic E-state index is 12.7. The molecule has 14 heavy (non-hydrogen) atoms. The molecule has 0 amide bonds. The molecule has 0 heterocycles. The molecule has 78 valence electrons. The highest BCUT2D eigenvalue weighted by molar-refractivity contribution is 6.30. The number of rotatable bonds is 2. The molecule has 0 spiro atoms. The fourth-order valence-corrected chi connectivity index (χ4v) is 1.02. The molecule has 0 saturated carbocycles. The van der Waals surface area contributed by atoms with Crippen molar-refractivity contribution in [2.24, 2.45) is 16.5 Å². The van der Waals surface area contributed by atoms with Crippen molar-refractivity contribution in [2.75, 3.05) is 0 Å². The van der Waals surface area contributed by atoms with Gasteiger partial charge in [-0.15, -0.1) is 12.4 Å². The van der Waals surface area contributed by atoms with Crippen LogP contribution in [0, 0.1) is 5.82 Å². The van der Waals surface area contributed by atoms with E-state index in [4.69, 9.17) is 23.1 Å². The Morgan fingerprint density at radius 1 is 1.43 bits per heavy atom. The van der Waals surface area contributed by atoms with Crippen LogP contribution in [0.5, 0.6) is 0 Å². The normalized spacial score (nSPS) is 9.00. The molecule has 4 N–H and O–H groups in total. The summed E-state index contributed by atoms with van der Waals surface area (Å²) < 4.78 is 12.7. The van der Waals surface area contributed by atoms with Crippen molar-refractivity contribution >= 4 is 30.0 Å².